The Bertz CT molecular complexity index is 787. The van der Waals surface area contributed by atoms with Crippen LogP contribution in [0.1, 0.15) is 17.2 Å². The summed E-state index contributed by atoms with van der Waals surface area (Å²) in [6, 6.07) is 11.8. The van der Waals surface area contributed by atoms with Gasteiger partial charge in [-0.2, -0.15) is 0 Å². The Balaban J connectivity index is 1.90. The van der Waals surface area contributed by atoms with Crippen molar-refractivity contribution in [1.29, 1.82) is 0 Å². The Labute approximate surface area is 158 Å². The van der Waals surface area contributed by atoms with Crippen molar-refractivity contribution in [3.63, 3.8) is 0 Å². The van der Waals surface area contributed by atoms with Crippen LogP contribution >= 0.6 is 0 Å². The van der Waals surface area contributed by atoms with Gasteiger partial charge in [-0.15, -0.1) is 13.2 Å². The summed E-state index contributed by atoms with van der Waals surface area (Å²) in [5.41, 5.74) is 6.18. The van der Waals surface area contributed by atoms with Crippen molar-refractivity contribution in [1.82, 2.24) is 5.32 Å². The first-order chi connectivity index (χ1) is 13.2. The van der Waals surface area contributed by atoms with Gasteiger partial charge in [0.1, 0.15) is 24.6 Å². The molecule has 2 aromatic carbocycles. The first-order valence-corrected chi connectivity index (χ1v) is 8.11. The number of ether oxygens (including phenoxy) is 2. The third-order valence-corrected chi connectivity index (χ3v) is 3.64. The molecule has 2 atom stereocenters. The summed E-state index contributed by atoms with van der Waals surface area (Å²) in [6.07, 6.45) is -8.96. The van der Waals surface area contributed by atoms with Gasteiger partial charge >= 0.3 is 12.5 Å². The second-order valence-electron chi connectivity index (χ2n) is 5.79. The van der Waals surface area contributed by atoms with Crippen LogP contribution in [-0.4, -0.2) is 35.3 Å². The number of benzene rings is 2. The van der Waals surface area contributed by atoms with Crippen molar-refractivity contribution in [3.8, 4) is 5.75 Å². The van der Waals surface area contributed by atoms with Crippen molar-refractivity contribution in [2.24, 2.45) is 0 Å². The van der Waals surface area contributed by atoms with Crippen molar-refractivity contribution in [2.45, 2.75) is 25.2 Å². The van der Waals surface area contributed by atoms with Gasteiger partial charge in [-0.05, 0) is 23.8 Å². The van der Waals surface area contributed by atoms with Gasteiger partial charge in [0.05, 0.1) is 0 Å². The number of hydrogen-bond donors (Lipinski definition) is 4. The van der Waals surface area contributed by atoms with Crippen LogP contribution in [-0.2, 0) is 11.3 Å². The first-order valence-electron chi connectivity index (χ1n) is 8.11. The highest BCUT2D eigenvalue weighted by Crippen LogP contribution is 2.30. The quantitative estimate of drug-likeness (QED) is 0.531. The van der Waals surface area contributed by atoms with Crippen LogP contribution in [0.3, 0.4) is 0 Å². The number of carbonyl (C=O) groups is 1. The van der Waals surface area contributed by atoms with E-state index in [-0.39, 0.29) is 17.9 Å². The normalized spacial score (nSPS) is 13.5. The van der Waals surface area contributed by atoms with E-state index in [2.05, 4.69) is 10.1 Å². The number of carbonyl (C=O) groups excluding carboxylic acids is 1. The summed E-state index contributed by atoms with van der Waals surface area (Å²) in [4.78, 5) is 11.7. The van der Waals surface area contributed by atoms with Gasteiger partial charge in [-0.3, -0.25) is 0 Å². The van der Waals surface area contributed by atoms with Gasteiger partial charge in [0.15, 0.2) is 0 Å². The van der Waals surface area contributed by atoms with Crippen molar-refractivity contribution in [3.05, 3.63) is 59.7 Å². The van der Waals surface area contributed by atoms with Gasteiger partial charge in [-0.25, -0.2) is 4.79 Å². The zero-order valence-electron chi connectivity index (χ0n) is 14.5. The lowest BCUT2D eigenvalue weighted by Crippen LogP contribution is -2.36. The van der Waals surface area contributed by atoms with E-state index in [9.17, 15) is 28.2 Å². The third-order valence-electron chi connectivity index (χ3n) is 3.64. The van der Waals surface area contributed by atoms with Crippen LogP contribution in [0.5, 0.6) is 5.75 Å². The Morgan fingerprint density at radius 2 is 1.82 bits per heavy atom. The smallest absolute Gasteiger partial charge is 0.445 e. The van der Waals surface area contributed by atoms with E-state index < -0.39 is 37.0 Å². The molecule has 0 saturated carbocycles. The van der Waals surface area contributed by atoms with Crippen LogP contribution in [0.15, 0.2) is 48.5 Å². The van der Waals surface area contributed by atoms with Crippen LogP contribution < -0.4 is 15.8 Å². The second-order valence-corrected chi connectivity index (χ2v) is 5.79. The standard InChI is InChI=1S/C18H19F3N2O5/c19-18(20,21)28-12-6-7-14(22)13(8-12)16(25)15(24)9-23-17(26)27-10-11-4-2-1-3-5-11/h1-8,15-16,24-25H,9-10,22H2,(H,23,26). The molecule has 152 valence electrons. The fourth-order valence-electron chi connectivity index (χ4n) is 2.29. The van der Waals surface area contributed by atoms with Gasteiger partial charge < -0.3 is 30.7 Å². The van der Waals surface area contributed by atoms with Crippen LogP contribution in [0.2, 0.25) is 0 Å². The highest BCUT2D eigenvalue weighted by Gasteiger charge is 2.32. The highest BCUT2D eigenvalue weighted by molar-refractivity contribution is 5.67. The average Bonchev–Trinajstić information content (AvgIpc) is 2.65. The van der Waals surface area contributed by atoms with E-state index in [4.69, 9.17) is 10.5 Å². The number of alkyl halides is 3. The highest BCUT2D eigenvalue weighted by atomic mass is 19.4. The maximum Gasteiger partial charge on any atom is 0.573 e. The van der Waals surface area contributed by atoms with E-state index in [1.54, 1.807) is 24.3 Å². The molecule has 0 aliphatic carbocycles. The fraction of sp³-hybridized carbons (Fsp3) is 0.278. The summed E-state index contributed by atoms with van der Waals surface area (Å²) >= 11 is 0. The van der Waals surface area contributed by atoms with Gasteiger partial charge in [0.25, 0.3) is 0 Å². The lowest BCUT2D eigenvalue weighted by atomic mass is 10.0. The van der Waals surface area contributed by atoms with E-state index >= 15 is 0 Å². The summed E-state index contributed by atoms with van der Waals surface area (Å²) in [7, 11) is 0. The number of aliphatic hydroxyl groups excluding tert-OH is 2. The third kappa shape index (κ3) is 6.63. The molecule has 0 aromatic heterocycles. The van der Waals surface area contributed by atoms with Crippen LogP contribution in [0.4, 0.5) is 23.7 Å². The Morgan fingerprint density at radius 3 is 2.46 bits per heavy atom. The van der Waals surface area contributed by atoms with Gasteiger partial charge in [0.2, 0.25) is 0 Å². The summed E-state index contributed by atoms with van der Waals surface area (Å²) in [5, 5.41) is 22.4. The molecule has 0 heterocycles. The minimum Gasteiger partial charge on any atom is -0.445 e. The molecule has 0 radical (unpaired) electrons. The molecular formula is C18H19F3N2O5. The van der Waals surface area contributed by atoms with Crippen LogP contribution in [0, 0.1) is 0 Å². The monoisotopic (exact) mass is 400 g/mol. The zero-order valence-corrected chi connectivity index (χ0v) is 14.5. The minimum atomic E-state index is -4.92. The number of nitrogens with two attached hydrogens (primary N) is 1. The molecule has 5 N–H and O–H groups in total. The maximum absolute atomic E-state index is 12.3. The Kier molecular flexibility index (Phi) is 7.07. The molecule has 2 aromatic rings. The molecule has 0 saturated heterocycles. The lowest BCUT2D eigenvalue weighted by Gasteiger charge is -2.21. The van der Waals surface area contributed by atoms with Gasteiger partial charge in [0, 0.05) is 17.8 Å². The Hall–Kier alpha value is -2.98. The largest absolute Gasteiger partial charge is 0.573 e. The fourth-order valence-corrected chi connectivity index (χ4v) is 2.29. The summed E-state index contributed by atoms with van der Waals surface area (Å²) in [6.45, 7) is -0.409. The summed E-state index contributed by atoms with van der Waals surface area (Å²) in [5.74, 6) is -0.599. The molecule has 0 aliphatic rings. The number of alkyl carbamates (subject to hydrolysis) is 1. The topological polar surface area (TPSA) is 114 Å². The summed E-state index contributed by atoms with van der Waals surface area (Å²) < 4.78 is 45.6. The zero-order chi connectivity index (χ0) is 20.7. The molecule has 0 fully saturated rings. The minimum absolute atomic E-state index is 0.00902. The predicted octanol–water partition coefficient (Wildman–Crippen LogP) is 2.49. The SMILES string of the molecule is Nc1ccc(OC(F)(F)F)cc1C(O)C(O)CNC(=O)OCc1ccccc1. The molecule has 10 heteroatoms. The number of anilines is 1. The second kappa shape index (κ2) is 9.29. The Morgan fingerprint density at radius 1 is 1.14 bits per heavy atom. The molecule has 28 heavy (non-hydrogen) atoms. The predicted molar refractivity (Wildman–Crippen MR) is 93.1 cm³/mol. The molecule has 0 bridgehead atoms. The van der Waals surface area contributed by atoms with E-state index in [0.717, 1.165) is 23.8 Å². The molecule has 0 aliphatic heterocycles. The molecule has 0 spiro atoms. The molecule has 2 rings (SSSR count). The molecule has 1 amide bonds. The molecular weight excluding hydrogens is 381 g/mol. The number of amides is 1. The number of nitrogen functional groups attached to an aromatic ring is 1. The van der Waals surface area contributed by atoms with E-state index in [0.29, 0.717) is 0 Å². The van der Waals surface area contributed by atoms with E-state index in [1.165, 1.54) is 0 Å². The average molecular weight is 400 g/mol. The van der Waals surface area contributed by atoms with Gasteiger partial charge in [-0.1, -0.05) is 30.3 Å². The number of aliphatic hydroxyl groups is 2. The van der Waals surface area contributed by atoms with E-state index in [1.807, 2.05) is 6.07 Å². The lowest BCUT2D eigenvalue weighted by molar-refractivity contribution is -0.274. The molecule has 2 unspecified atom stereocenters. The van der Waals surface area contributed by atoms with Crippen molar-refractivity contribution in [2.75, 3.05) is 12.3 Å². The number of hydrogen-bond acceptors (Lipinski definition) is 6. The first kappa shape index (κ1) is 21.3. The number of nitrogens with one attached hydrogen (secondary N) is 1. The van der Waals surface area contributed by atoms with Crippen molar-refractivity contribution < 1.29 is 37.7 Å². The van der Waals surface area contributed by atoms with Crippen molar-refractivity contribution >= 4 is 11.8 Å². The number of halogens is 3. The molecule has 7 nitrogen and oxygen atoms in total. The van der Waals surface area contributed by atoms with Crippen LogP contribution in [0.25, 0.3) is 0 Å². The maximum atomic E-state index is 12.3. The number of rotatable bonds is 7.